The summed E-state index contributed by atoms with van der Waals surface area (Å²) in [5, 5.41) is 11.4. The smallest absolute Gasteiger partial charge is 0.270 e. The summed E-state index contributed by atoms with van der Waals surface area (Å²) in [6, 6.07) is 7.90. The van der Waals surface area contributed by atoms with Crippen molar-refractivity contribution in [3.8, 4) is 11.1 Å². The molecule has 0 saturated carbocycles. The van der Waals surface area contributed by atoms with Crippen LogP contribution in [0, 0.1) is 22.0 Å². The number of nitrogens with one attached hydrogen (secondary N) is 1. The molecule has 1 fully saturated rings. The minimum absolute atomic E-state index is 0.0280. The maximum atomic E-state index is 12.9. The summed E-state index contributed by atoms with van der Waals surface area (Å²) >= 11 is 0. The van der Waals surface area contributed by atoms with Crippen LogP contribution >= 0.6 is 0 Å². The SMILES string of the molecule is CC1CC(C)CN(c2nc3nccc(-c4cccc([N+](=O)[O-])c4)c3c(=O)[nH]2)C1. The molecular formula is C20H21N5O3. The average Bonchev–Trinajstić information content (AvgIpc) is 2.66. The van der Waals surface area contributed by atoms with Crippen molar-refractivity contribution < 1.29 is 4.92 Å². The van der Waals surface area contributed by atoms with Gasteiger partial charge in [-0.05, 0) is 29.9 Å². The van der Waals surface area contributed by atoms with Gasteiger partial charge in [0.25, 0.3) is 11.2 Å². The summed E-state index contributed by atoms with van der Waals surface area (Å²) in [6.45, 7) is 6.06. The number of H-pyrrole nitrogens is 1. The van der Waals surface area contributed by atoms with Crippen LogP contribution in [0.1, 0.15) is 20.3 Å². The second-order valence-corrected chi connectivity index (χ2v) is 7.61. The molecule has 144 valence electrons. The van der Waals surface area contributed by atoms with Crippen LogP contribution in [0.3, 0.4) is 0 Å². The number of rotatable bonds is 3. The summed E-state index contributed by atoms with van der Waals surface area (Å²) in [5.41, 5.74) is 1.19. The average molecular weight is 379 g/mol. The van der Waals surface area contributed by atoms with Gasteiger partial charge in [0.1, 0.15) is 0 Å². The number of nitro benzene ring substituents is 1. The number of nitro groups is 1. The zero-order chi connectivity index (χ0) is 19.8. The molecule has 1 N–H and O–H groups in total. The second-order valence-electron chi connectivity index (χ2n) is 7.61. The first kappa shape index (κ1) is 18.1. The lowest BCUT2D eigenvalue weighted by molar-refractivity contribution is -0.384. The molecular weight excluding hydrogens is 358 g/mol. The summed E-state index contributed by atoms with van der Waals surface area (Å²) in [7, 11) is 0. The van der Waals surface area contributed by atoms with Gasteiger partial charge >= 0.3 is 0 Å². The highest BCUT2D eigenvalue weighted by Crippen LogP contribution is 2.29. The van der Waals surface area contributed by atoms with E-state index < -0.39 is 4.92 Å². The van der Waals surface area contributed by atoms with Gasteiger partial charge in [0.05, 0.1) is 10.3 Å². The van der Waals surface area contributed by atoms with E-state index in [4.69, 9.17) is 0 Å². The van der Waals surface area contributed by atoms with Crippen molar-refractivity contribution in [2.75, 3.05) is 18.0 Å². The molecule has 0 aliphatic carbocycles. The minimum Gasteiger partial charge on any atom is -0.342 e. The molecule has 2 atom stereocenters. The highest BCUT2D eigenvalue weighted by molar-refractivity contribution is 5.92. The molecule has 0 bridgehead atoms. The minimum atomic E-state index is -0.452. The van der Waals surface area contributed by atoms with E-state index in [2.05, 4.69) is 33.7 Å². The third kappa shape index (κ3) is 3.33. The Morgan fingerprint density at radius 1 is 1.21 bits per heavy atom. The summed E-state index contributed by atoms with van der Waals surface area (Å²) in [4.78, 5) is 37.4. The van der Waals surface area contributed by atoms with Crippen molar-refractivity contribution in [1.29, 1.82) is 0 Å². The van der Waals surface area contributed by atoms with E-state index in [-0.39, 0.29) is 11.2 Å². The van der Waals surface area contributed by atoms with Crippen LogP contribution in [0.2, 0.25) is 0 Å². The maximum Gasteiger partial charge on any atom is 0.270 e. The number of hydrogen-bond acceptors (Lipinski definition) is 6. The summed E-state index contributed by atoms with van der Waals surface area (Å²) in [5.74, 6) is 1.57. The number of benzene rings is 1. The topological polar surface area (TPSA) is 105 Å². The van der Waals surface area contributed by atoms with Crippen molar-refractivity contribution in [2.24, 2.45) is 11.8 Å². The van der Waals surface area contributed by atoms with Crippen LogP contribution in [-0.4, -0.2) is 33.0 Å². The van der Waals surface area contributed by atoms with Gasteiger partial charge in [-0.25, -0.2) is 4.98 Å². The lowest BCUT2D eigenvalue weighted by Crippen LogP contribution is -2.40. The third-order valence-corrected chi connectivity index (χ3v) is 5.13. The standard InChI is InChI=1S/C20H21N5O3/c1-12-8-13(2)11-24(10-12)20-22-18-17(19(26)23-20)16(6-7-21-18)14-4-3-5-15(9-14)25(27)28/h3-7,9,12-13H,8,10-11H2,1-2H3,(H,21,22,23,26). The second kappa shape index (κ2) is 7.03. The van der Waals surface area contributed by atoms with Crippen molar-refractivity contribution in [1.82, 2.24) is 15.0 Å². The van der Waals surface area contributed by atoms with E-state index in [9.17, 15) is 14.9 Å². The fourth-order valence-electron chi connectivity index (χ4n) is 4.06. The van der Waals surface area contributed by atoms with Crippen LogP contribution in [0.5, 0.6) is 0 Å². The first-order valence-electron chi connectivity index (χ1n) is 9.31. The number of anilines is 1. The maximum absolute atomic E-state index is 12.9. The van der Waals surface area contributed by atoms with E-state index >= 15 is 0 Å². The van der Waals surface area contributed by atoms with E-state index in [1.165, 1.54) is 12.1 Å². The fraction of sp³-hybridized carbons (Fsp3) is 0.350. The van der Waals surface area contributed by atoms with Crippen LogP contribution in [0.4, 0.5) is 11.6 Å². The molecule has 28 heavy (non-hydrogen) atoms. The Bertz CT molecular complexity index is 1100. The van der Waals surface area contributed by atoms with E-state index in [1.807, 2.05) is 0 Å². The zero-order valence-corrected chi connectivity index (χ0v) is 15.8. The zero-order valence-electron chi connectivity index (χ0n) is 15.8. The van der Waals surface area contributed by atoms with Crippen LogP contribution in [0.25, 0.3) is 22.2 Å². The van der Waals surface area contributed by atoms with E-state index in [1.54, 1.807) is 24.4 Å². The van der Waals surface area contributed by atoms with Crippen molar-refractivity contribution in [3.05, 3.63) is 57.0 Å². The number of pyridine rings is 1. The first-order valence-corrected chi connectivity index (χ1v) is 9.31. The molecule has 3 heterocycles. The lowest BCUT2D eigenvalue weighted by atomic mass is 9.92. The lowest BCUT2D eigenvalue weighted by Gasteiger charge is -2.35. The van der Waals surface area contributed by atoms with Gasteiger partial charge in [0, 0.05) is 37.0 Å². The Labute approximate surface area is 161 Å². The number of fused-ring (bicyclic) bond motifs is 1. The predicted molar refractivity (Wildman–Crippen MR) is 107 cm³/mol. The van der Waals surface area contributed by atoms with Crippen molar-refractivity contribution in [2.45, 2.75) is 20.3 Å². The van der Waals surface area contributed by atoms with Gasteiger partial charge in [-0.1, -0.05) is 26.0 Å². The van der Waals surface area contributed by atoms with Gasteiger partial charge in [-0.3, -0.25) is 19.9 Å². The number of aromatic amines is 1. The normalized spacial score (nSPS) is 19.7. The first-order chi connectivity index (χ1) is 13.4. The molecule has 2 unspecified atom stereocenters. The molecule has 1 aliphatic rings. The van der Waals surface area contributed by atoms with Gasteiger partial charge in [0.15, 0.2) is 5.65 Å². The fourth-order valence-corrected chi connectivity index (χ4v) is 4.06. The summed E-state index contributed by atoms with van der Waals surface area (Å²) < 4.78 is 0. The van der Waals surface area contributed by atoms with Crippen LogP contribution in [0.15, 0.2) is 41.3 Å². The van der Waals surface area contributed by atoms with Crippen LogP contribution in [-0.2, 0) is 0 Å². The van der Waals surface area contributed by atoms with Crippen LogP contribution < -0.4 is 10.5 Å². The number of piperidine rings is 1. The Morgan fingerprint density at radius 3 is 2.68 bits per heavy atom. The Kier molecular flexibility index (Phi) is 4.54. The monoisotopic (exact) mass is 379 g/mol. The molecule has 1 saturated heterocycles. The molecule has 8 nitrogen and oxygen atoms in total. The molecule has 0 spiro atoms. The van der Waals surface area contributed by atoms with Gasteiger partial charge < -0.3 is 4.90 Å². The Morgan fingerprint density at radius 2 is 1.96 bits per heavy atom. The quantitative estimate of drug-likeness (QED) is 0.552. The Hall–Kier alpha value is -3.29. The van der Waals surface area contributed by atoms with E-state index in [0.717, 1.165) is 19.5 Å². The van der Waals surface area contributed by atoms with Gasteiger partial charge in [-0.2, -0.15) is 4.98 Å². The number of nitrogens with zero attached hydrogens (tertiary/aromatic N) is 4. The molecule has 4 rings (SSSR count). The molecule has 2 aromatic heterocycles. The number of non-ortho nitro benzene ring substituents is 1. The molecule has 8 heteroatoms. The Balaban J connectivity index is 1.82. The highest BCUT2D eigenvalue weighted by atomic mass is 16.6. The van der Waals surface area contributed by atoms with Crippen molar-refractivity contribution >= 4 is 22.7 Å². The van der Waals surface area contributed by atoms with Gasteiger partial charge in [-0.15, -0.1) is 0 Å². The molecule has 1 aliphatic heterocycles. The number of hydrogen-bond donors (Lipinski definition) is 1. The molecule has 0 radical (unpaired) electrons. The number of aromatic nitrogens is 3. The highest BCUT2D eigenvalue weighted by Gasteiger charge is 2.24. The largest absolute Gasteiger partial charge is 0.342 e. The van der Waals surface area contributed by atoms with E-state index in [0.29, 0.717) is 39.9 Å². The van der Waals surface area contributed by atoms with Crippen molar-refractivity contribution in [3.63, 3.8) is 0 Å². The molecule has 0 amide bonds. The summed E-state index contributed by atoms with van der Waals surface area (Å²) in [6.07, 6.45) is 2.73. The van der Waals surface area contributed by atoms with Gasteiger partial charge in [0.2, 0.25) is 5.95 Å². The molecule has 3 aromatic rings. The predicted octanol–water partition coefficient (Wildman–Crippen LogP) is 3.38. The third-order valence-electron chi connectivity index (χ3n) is 5.13. The molecule has 1 aromatic carbocycles.